The summed E-state index contributed by atoms with van der Waals surface area (Å²) in [6, 6.07) is 16.7. The molecule has 3 N–H and O–H groups in total. The average Bonchev–Trinajstić information content (AvgIpc) is 2.65. The summed E-state index contributed by atoms with van der Waals surface area (Å²) in [5, 5.41) is 8.07. The van der Waals surface area contributed by atoms with E-state index >= 15 is 0 Å². The van der Waals surface area contributed by atoms with Gasteiger partial charge in [0.2, 0.25) is 5.91 Å². The zero-order valence-corrected chi connectivity index (χ0v) is 14.6. The van der Waals surface area contributed by atoms with Crippen LogP contribution < -0.4 is 16.0 Å². The topological polar surface area (TPSA) is 70.2 Å². The van der Waals surface area contributed by atoms with Crippen LogP contribution in [0.25, 0.3) is 0 Å². The second-order valence-corrected chi connectivity index (χ2v) is 6.23. The van der Waals surface area contributed by atoms with Gasteiger partial charge in [-0.1, -0.05) is 48.5 Å². The Morgan fingerprint density at radius 1 is 1.00 bits per heavy atom. The van der Waals surface area contributed by atoms with E-state index in [0.717, 1.165) is 21.9 Å². The van der Waals surface area contributed by atoms with Gasteiger partial charge in [-0.05, 0) is 17.7 Å². The lowest BCUT2D eigenvalue weighted by Crippen LogP contribution is -2.39. The van der Waals surface area contributed by atoms with Crippen LogP contribution in [0.3, 0.4) is 0 Å². The molecule has 0 bridgehead atoms. The van der Waals surface area contributed by atoms with Crippen LogP contribution in [0.2, 0.25) is 0 Å². The predicted molar refractivity (Wildman–Crippen MR) is 103 cm³/mol. The van der Waals surface area contributed by atoms with E-state index in [9.17, 15) is 9.59 Å². The number of nitrogens with one attached hydrogen (secondary N) is 3. The zero-order valence-electron chi connectivity index (χ0n) is 13.8. The van der Waals surface area contributed by atoms with E-state index in [0.29, 0.717) is 6.54 Å². The maximum atomic E-state index is 12.0. The molecule has 130 valence electrons. The molecule has 0 radical (unpaired) electrons. The summed E-state index contributed by atoms with van der Waals surface area (Å²) in [5.74, 6) is 0.481. The van der Waals surface area contributed by atoms with Gasteiger partial charge in [0.05, 0.1) is 12.2 Å². The Morgan fingerprint density at radius 3 is 2.48 bits per heavy atom. The van der Waals surface area contributed by atoms with Crippen LogP contribution in [0.15, 0.2) is 72.1 Å². The first-order valence-electron chi connectivity index (χ1n) is 7.87. The number of carbonyl (C=O) groups is 2. The van der Waals surface area contributed by atoms with Gasteiger partial charge in [0.15, 0.2) is 0 Å². The van der Waals surface area contributed by atoms with Crippen LogP contribution in [0.4, 0.5) is 10.5 Å². The third-order valence-electron chi connectivity index (χ3n) is 3.22. The Kier molecular flexibility index (Phi) is 7.59. The highest BCUT2D eigenvalue weighted by molar-refractivity contribution is 7.99. The predicted octanol–water partition coefficient (Wildman–Crippen LogP) is 3.40. The van der Waals surface area contributed by atoms with Gasteiger partial charge >= 0.3 is 6.03 Å². The van der Waals surface area contributed by atoms with E-state index in [1.54, 1.807) is 11.8 Å². The minimum absolute atomic E-state index is 0.0961. The molecule has 0 saturated heterocycles. The molecule has 0 aliphatic rings. The van der Waals surface area contributed by atoms with Crippen LogP contribution in [0, 0.1) is 0 Å². The number of anilines is 1. The number of hydrogen-bond acceptors (Lipinski definition) is 3. The average molecular weight is 355 g/mol. The van der Waals surface area contributed by atoms with E-state index in [1.807, 2.05) is 60.7 Å². The van der Waals surface area contributed by atoms with Gasteiger partial charge in [-0.25, -0.2) is 4.79 Å². The summed E-state index contributed by atoms with van der Waals surface area (Å²) in [6.07, 6.45) is 1.81. The monoisotopic (exact) mass is 355 g/mol. The molecule has 0 atom stereocenters. The maximum Gasteiger partial charge on any atom is 0.315 e. The van der Waals surface area contributed by atoms with Crippen LogP contribution in [-0.4, -0.2) is 24.2 Å². The first-order valence-corrected chi connectivity index (χ1v) is 8.86. The van der Waals surface area contributed by atoms with Crippen LogP contribution in [-0.2, 0) is 11.3 Å². The fraction of sp³-hybridized carbons (Fsp3) is 0.158. The van der Waals surface area contributed by atoms with Crippen molar-refractivity contribution in [2.24, 2.45) is 0 Å². The number of para-hydroxylation sites is 1. The van der Waals surface area contributed by atoms with E-state index in [2.05, 4.69) is 22.5 Å². The first kappa shape index (κ1) is 18.6. The molecule has 0 unspecified atom stereocenters. The Hall–Kier alpha value is -2.73. The van der Waals surface area contributed by atoms with E-state index in [-0.39, 0.29) is 18.5 Å². The fourth-order valence-corrected chi connectivity index (χ4v) is 2.79. The lowest BCUT2D eigenvalue weighted by molar-refractivity contribution is -0.115. The molecule has 0 aliphatic carbocycles. The number of carbonyl (C=O) groups excluding carboxylic acids is 2. The van der Waals surface area contributed by atoms with Crippen molar-refractivity contribution in [3.8, 4) is 0 Å². The molecule has 2 rings (SSSR count). The van der Waals surface area contributed by atoms with Gasteiger partial charge in [-0.15, -0.1) is 18.3 Å². The van der Waals surface area contributed by atoms with Gasteiger partial charge in [-0.3, -0.25) is 4.79 Å². The zero-order chi connectivity index (χ0) is 17.9. The summed E-state index contributed by atoms with van der Waals surface area (Å²) in [6.45, 7) is 4.01. The molecular weight excluding hydrogens is 334 g/mol. The van der Waals surface area contributed by atoms with Gasteiger partial charge in [0.1, 0.15) is 0 Å². The normalized spacial score (nSPS) is 9.92. The molecule has 0 aliphatic heterocycles. The number of amides is 3. The van der Waals surface area contributed by atoms with E-state index in [1.165, 1.54) is 0 Å². The lowest BCUT2D eigenvalue weighted by Gasteiger charge is -2.11. The number of urea groups is 1. The van der Waals surface area contributed by atoms with Crippen LogP contribution >= 0.6 is 11.8 Å². The maximum absolute atomic E-state index is 12.0. The second kappa shape index (κ2) is 10.2. The third kappa shape index (κ3) is 6.73. The highest BCUT2D eigenvalue weighted by Crippen LogP contribution is 2.26. The standard InChI is InChI=1S/C19H21N3O2S/c1-2-12-25-17-11-7-6-10-16(17)22-18(23)14-21-19(24)20-13-15-8-4-3-5-9-15/h2-11H,1,12-14H2,(H,22,23)(H2,20,21,24). The van der Waals surface area contributed by atoms with Crippen molar-refractivity contribution in [2.45, 2.75) is 11.4 Å². The van der Waals surface area contributed by atoms with Gasteiger partial charge in [-0.2, -0.15) is 0 Å². The van der Waals surface area contributed by atoms with Gasteiger partial charge in [0.25, 0.3) is 0 Å². The summed E-state index contributed by atoms with van der Waals surface area (Å²) < 4.78 is 0. The number of hydrogen-bond donors (Lipinski definition) is 3. The molecule has 0 spiro atoms. The number of benzene rings is 2. The Bertz CT molecular complexity index is 720. The molecule has 5 nitrogen and oxygen atoms in total. The molecular formula is C19H21N3O2S. The molecule has 2 aromatic rings. The van der Waals surface area contributed by atoms with Crippen molar-refractivity contribution in [3.63, 3.8) is 0 Å². The number of thioether (sulfide) groups is 1. The summed E-state index contributed by atoms with van der Waals surface area (Å²) in [7, 11) is 0. The lowest BCUT2D eigenvalue weighted by atomic mass is 10.2. The van der Waals surface area contributed by atoms with Crippen molar-refractivity contribution in [2.75, 3.05) is 17.6 Å². The van der Waals surface area contributed by atoms with Gasteiger partial charge in [0, 0.05) is 17.2 Å². The molecule has 6 heteroatoms. The molecule has 3 amide bonds. The van der Waals surface area contributed by atoms with Crippen molar-refractivity contribution in [1.82, 2.24) is 10.6 Å². The summed E-state index contributed by atoms with van der Waals surface area (Å²) in [5.41, 5.74) is 1.72. The van der Waals surface area contributed by atoms with Crippen molar-refractivity contribution in [3.05, 3.63) is 72.8 Å². The highest BCUT2D eigenvalue weighted by Gasteiger charge is 2.08. The Labute approximate surface area is 151 Å². The molecule has 0 saturated carbocycles. The quantitative estimate of drug-likeness (QED) is 0.502. The summed E-state index contributed by atoms with van der Waals surface area (Å²) >= 11 is 1.59. The largest absolute Gasteiger partial charge is 0.334 e. The molecule has 0 fully saturated rings. The molecule has 2 aromatic carbocycles. The first-order chi connectivity index (χ1) is 12.2. The Morgan fingerprint density at radius 2 is 1.72 bits per heavy atom. The number of rotatable bonds is 8. The summed E-state index contributed by atoms with van der Waals surface area (Å²) in [4.78, 5) is 24.8. The van der Waals surface area contributed by atoms with Crippen molar-refractivity contribution >= 4 is 29.4 Å². The minimum Gasteiger partial charge on any atom is -0.334 e. The molecule has 25 heavy (non-hydrogen) atoms. The van der Waals surface area contributed by atoms with E-state index in [4.69, 9.17) is 0 Å². The highest BCUT2D eigenvalue weighted by atomic mass is 32.2. The second-order valence-electron chi connectivity index (χ2n) is 5.17. The molecule has 0 aromatic heterocycles. The SMILES string of the molecule is C=CCSc1ccccc1NC(=O)CNC(=O)NCc1ccccc1. The van der Waals surface area contributed by atoms with Crippen molar-refractivity contribution in [1.29, 1.82) is 0 Å². The van der Waals surface area contributed by atoms with Crippen LogP contribution in [0.5, 0.6) is 0 Å². The third-order valence-corrected chi connectivity index (χ3v) is 4.29. The fourth-order valence-electron chi connectivity index (χ4n) is 2.04. The van der Waals surface area contributed by atoms with E-state index < -0.39 is 0 Å². The minimum atomic E-state index is -0.381. The Balaban J connectivity index is 1.77. The van der Waals surface area contributed by atoms with Crippen LogP contribution in [0.1, 0.15) is 5.56 Å². The molecule has 0 heterocycles. The van der Waals surface area contributed by atoms with Crippen molar-refractivity contribution < 1.29 is 9.59 Å². The smallest absolute Gasteiger partial charge is 0.315 e. The van der Waals surface area contributed by atoms with Gasteiger partial charge < -0.3 is 16.0 Å².